The molecule has 0 radical (unpaired) electrons. The van der Waals surface area contributed by atoms with Gasteiger partial charge in [0.2, 0.25) is 6.41 Å². The zero-order valence-electron chi connectivity index (χ0n) is 20.5. The highest BCUT2D eigenvalue weighted by atomic mass is 19.1. The summed E-state index contributed by atoms with van der Waals surface area (Å²) in [4.78, 5) is 12.8. The van der Waals surface area contributed by atoms with Gasteiger partial charge in [-0.05, 0) is 45.4 Å². The van der Waals surface area contributed by atoms with Gasteiger partial charge in [0.25, 0.3) is 0 Å². The van der Waals surface area contributed by atoms with Crippen LogP contribution in [0.4, 0.5) is 30.2 Å². The number of nitrogens with two attached hydrogens (primary N) is 1. The van der Waals surface area contributed by atoms with Gasteiger partial charge in [0.15, 0.2) is 0 Å². The van der Waals surface area contributed by atoms with E-state index in [4.69, 9.17) is 14.3 Å². The quantitative estimate of drug-likeness (QED) is 0.207. The number of primary amides is 1. The molecule has 0 unspecified atom stereocenters. The zero-order chi connectivity index (χ0) is 26.4. The average Bonchev–Trinajstić information content (AvgIpc) is 2.75. The molecule has 0 aliphatic heterocycles. The smallest absolute Gasteiger partial charge is 0.204 e. The monoisotopic (exact) mass is 494 g/mol. The third kappa shape index (κ3) is 10.5. The molecule has 0 spiro atoms. The number of hydrogen-bond donors (Lipinski definition) is 3. The third-order valence-corrected chi connectivity index (χ3v) is 4.47. The van der Waals surface area contributed by atoms with Crippen molar-refractivity contribution in [1.29, 1.82) is 0 Å². The molecule has 2 aromatic carbocycles. The molecule has 192 valence electrons. The second kappa shape index (κ2) is 14.7. The Morgan fingerprint density at radius 1 is 1.20 bits per heavy atom. The summed E-state index contributed by atoms with van der Waals surface area (Å²) >= 11 is 0. The lowest BCUT2D eigenvalue weighted by atomic mass is 10.1. The maximum Gasteiger partial charge on any atom is 0.204 e. The number of methoxy groups -OCH3 is 1. The van der Waals surface area contributed by atoms with Crippen LogP contribution in [0.2, 0.25) is 0 Å². The highest BCUT2D eigenvalue weighted by Crippen LogP contribution is 2.34. The second-order valence-corrected chi connectivity index (χ2v) is 7.86. The molecule has 0 atom stereocenters. The summed E-state index contributed by atoms with van der Waals surface area (Å²) in [5, 5.41) is 5.80. The van der Waals surface area contributed by atoms with Crippen molar-refractivity contribution in [2.24, 2.45) is 10.7 Å². The molecule has 35 heavy (non-hydrogen) atoms. The molecule has 2 rings (SSSR count). The lowest BCUT2D eigenvalue weighted by Gasteiger charge is -2.17. The molecule has 0 aliphatic carbocycles. The van der Waals surface area contributed by atoms with Gasteiger partial charge in [-0.15, -0.1) is 0 Å². The summed E-state index contributed by atoms with van der Waals surface area (Å²) < 4.78 is 53.5. The molecule has 2 aromatic rings. The first kappa shape index (κ1) is 29.5. The van der Waals surface area contributed by atoms with E-state index >= 15 is 0 Å². The van der Waals surface area contributed by atoms with Crippen molar-refractivity contribution in [1.82, 2.24) is 0 Å². The maximum absolute atomic E-state index is 14.9. The minimum absolute atomic E-state index is 0.106. The average molecular weight is 495 g/mol. The predicted octanol–water partition coefficient (Wildman–Crippen LogP) is 5.45. The molecule has 0 heterocycles. The number of ether oxygens (including phenoxy) is 2. The van der Waals surface area contributed by atoms with Crippen LogP contribution in [-0.4, -0.2) is 45.2 Å². The largest absolute Gasteiger partial charge is 0.491 e. The highest BCUT2D eigenvalue weighted by Gasteiger charge is 2.17. The number of aliphatic imine (C=N–C) groups is 1. The number of hydrogen-bond acceptors (Lipinski definition) is 6. The number of anilines is 2. The Labute approximate surface area is 204 Å². The van der Waals surface area contributed by atoms with Crippen molar-refractivity contribution < 1.29 is 27.4 Å². The molecule has 0 bridgehead atoms. The first-order chi connectivity index (χ1) is 16.6. The van der Waals surface area contributed by atoms with Crippen molar-refractivity contribution >= 4 is 35.4 Å². The van der Waals surface area contributed by atoms with E-state index in [1.165, 1.54) is 38.3 Å². The van der Waals surface area contributed by atoms with Gasteiger partial charge in [0.1, 0.15) is 29.7 Å². The number of rotatable bonds is 12. The van der Waals surface area contributed by atoms with Gasteiger partial charge in [0, 0.05) is 43.4 Å². The molecule has 1 amide bonds. The second-order valence-electron chi connectivity index (χ2n) is 7.86. The summed E-state index contributed by atoms with van der Waals surface area (Å²) in [6.07, 6.45) is 2.06. The van der Waals surface area contributed by atoms with Crippen LogP contribution in [0.1, 0.15) is 32.8 Å². The van der Waals surface area contributed by atoms with Gasteiger partial charge < -0.3 is 25.8 Å². The van der Waals surface area contributed by atoms with Gasteiger partial charge in [-0.2, -0.15) is 0 Å². The van der Waals surface area contributed by atoms with E-state index in [0.29, 0.717) is 30.3 Å². The number of carbonyl (C=O) groups excluding carboxylic acids is 1. The van der Waals surface area contributed by atoms with E-state index in [0.717, 1.165) is 0 Å². The highest BCUT2D eigenvalue weighted by molar-refractivity contribution is 5.83. The molecule has 7 nitrogen and oxygen atoms in total. The normalized spacial score (nSPS) is 10.9. The van der Waals surface area contributed by atoms with Gasteiger partial charge in [0.05, 0.1) is 23.5 Å². The first-order valence-electron chi connectivity index (χ1n) is 10.8. The molecular weight excluding hydrogens is 461 g/mol. The molecule has 0 fully saturated rings. The first-order valence-corrected chi connectivity index (χ1v) is 10.8. The number of alkyl halides is 1. The van der Waals surface area contributed by atoms with Crippen LogP contribution in [0, 0.1) is 11.6 Å². The predicted molar refractivity (Wildman–Crippen MR) is 135 cm³/mol. The standard InChI is InChI=1S/C24H30F3N3O2.CH3NO/c1-6-28-22-15-18(32-12-11-31-5)14-20(26)23(22)16(2)30-21-8-7-17(13-19(21)25)29-10-9-24(3,4)27;2-1-3/h6-8,13-15,29-30H,2,9-12H2,1,3-5H3;1H,(H2,2,3). The fraction of sp³-hybridized carbons (Fsp3) is 0.360. The number of nitrogens with zero attached hydrogens (tertiary/aromatic N) is 1. The van der Waals surface area contributed by atoms with Gasteiger partial charge >= 0.3 is 0 Å². The lowest BCUT2D eigenvalue weighted by molar-refractivity contribution is -0.106. The fourth-order valence-corrected chi connectivity index (χ4v) is 2.89. The minimum atomic E-state index is -1.31. The number of nitrogens with one attached hydrogen (secondary N) is 2. The topological polar surface area (TPSA) is 98.0 Å². The number of amides is 1. The van der Waals surface area contributed by atoms with E-state index in [1.807, 2.05) is 0 Å². The van der Waals surface area contributed by atoms with E-state index in [1.54, 1.807) is 26.2 Å². The molecule has 0 aromatic heterocycles. The van der Waals surface area contributed by atoms with E-state index in [2.05, 4.69) is 27.9 Å². The Kier molecular flexibility index (Phi) is 12.4. The Hall–Kier alpha value is -3.53. The number of carbonyl (C=O) groups is 1. The van der Waals surface area contributed by atoms with E-state index < -0.39 is 17.3 Å². The Morgan fingerprint density at radius 2 is 1.89 bits per heavy atom. The summed E-state index contributed by atoms with van der Waals surface area (Å²) in [6.45, 7) is 9.52. The summed E-state index contributed by atoms with van der Waals surface area (Å²) in [7, 11) is 1.54. The van der Waals surface area contributed by atoms with Crippen LogP contribution in [0.25, 0.3) is 5.70 Å². The van der Waals surface area contributed by atoms with Crippen molar-refractivity contribution in [3.05, 3.63) is 54.1 Å². The zero-order valence-corrected chi connectivity index (χ0v) is 20.5. The van der Waals surface area contributed by atoms with E-state index in [9.17, 15) is 13.2 Å². The molecule has 10 heteroatoms. The van der Waals surface area contributed by atoms with Crippen molar-refractivity contribution in [3.63, 3.8) is 0 Å². The van der Waals surface area contributed by atoms with E-state index in [-0.39, 0.29) is 36.4 Å². The van der Waals surface area contributed by atoms with Crippen LogP contribution in [-0.2, 0) is 9.53 Å². The Morgan fingerprint density at radius 3 is 2.46 bits per heavy atom. The summed E-state index contributed by atoms with van der Waals surface area (Å²) in [6, 6.07) is 7.25. The maximum atomic E-state index is 14.9. The van der Waals surface area contributed by atoms with Gasteiger partial charge in [-0.3, -0.25) is 9.79 Å². The Bertz CT molecular complexity index is 1010. The van der Waals surface area contributed by atoms with Crippen molar-refractivity contribution in [2.45, 2.75) is 32.9 Å². The van der Waals surface area contributed by atoms with Crippen LogP contribution in [0.15, 0.2) is 41.9 Å². The molecule has 4 N–H and O–H groups in total. The van der Waals surface area contributed by atoms with Crippen LogP contribution >= 0.6 is 0 Å². The van der Waals surface area contributed by atoms with Crippen molar-refractivity contribution in [2.75, 3.05) is 37.5 Å². The van der Waals surface area contributed by atoms with Gasteiger partial charge in [-0.1, -0.05) is 6.58 Å². The van der Waals surface area contributed by atoms with Crippen LogP contribution in [0.3, 0.4) is 0 Å². The van der Waals surface area contributed by atoms with Gasteiger partial charge in [-0.25, -0.2) is 13.2 Å². The summed E-state index contributed by atoms with van der Waals surface area (Å²) in [5.74, 6) is -0.864. The fourth-order valence-electron chi connectivity index (χ4n) is 2.89. The number of halogens is 3. The molecule has 0 saturated heterocycles. The third-order valence-electron chi connectivity index (χ3n) is 4.47. The molecule has 0 saturated carbocycles. The summed E-state index contributed by atoms with van der Waals surface area (Å²) in [5.41, 5.74) is 4.04. The Balaban J connectivity index is 0.00000194. The minimum Gasteiger partial charge on any atom is -0.491 e. The van der Waals surface area contributed by atoms with Crippen molar-refractivity contribution in [3.8, 4) is 5.75 Å². The lowest BCUT2D eigenvalue weighted by Crippen LogP contribution is -2.17. The molecule has 0 aliphatic rings. The molecular formula is C25H33F3N4O3. The van der Waals surface area contributed by atoms with Crippen LogP contribution in [0.5, 0.6) is 5.75 Å². The number of benzene rings is 2. The SMILES string of the molecule is C=C(Nc1ccc(NCCC(C)(C)F)cc1F)c1c(F)cc(OCCOC)cc1N=CC.NC=O. The van der Waals surface area contributed by atoms with Crippen LogP contribution < -0.4 is 21.1 Å².